The quantitative estimate of drug-likeness (QED) is 0.760. The predicted molar refractivity (Wildman–Crippen MR) is 79.2 cm³/mol. The van der Waals surface area contributed by atoms with E-state index in [-0.39, 0.29) is 27.6 Å². The molecule has 0 heterocycles. The van der Waals surface area contributed by atoms with Crippen LogP contribution in [0.4, 0.5) is 15.8 Å². The molecule has 0 aliphatic heterocycles. The molecule has 21 heavy (non-hydrogen) atoms. The normalized spacial score (nSPS) is 11.4. The number of rotatable bonds is 3. The molecule has 0 aromatic heterocycles. The van der Waals surface area contributed by atoms with Crippen LogP contribution in [-0.2, 0) is 10.0 Å². The maximum atomic E-state index is 13.6. The zero-order valence-electron chi connectivity index (χ0n) is 11.5. The van der Waals surface area contributed by atoms with Gasteiger partial charge in [0.15, 0.2) is 0 Å². The number of sulfonamides is 1. The van der Waals surface area contributed by atoms with E-state index in [9.17, 15) is 17.9 Å². The molecule has 2 aromatic rings. The molecule has 0 amide bonds. The van der Waals surface area contributed by atoms with Gasteiger partial charge in [0.1, 0.15) is 11.6 Å². The number of hydrogen-bond acceptors (Lipinski definition) is 4. The fraction of sp³-hybridized carbons (Fsp3) is 0.143. The van der Waals surface area contributed by atoms with E-state index in [2.05, 4.69) is 4.72 Å². The van der Waals surface area contributed by atoms with Crippen molar-refractivity contribution in [2.75, 3.05) is 10.5 Å². The van der Waals surface area contributed by atoms with Crippen molar-refractivity contribution in [2.24, 2.45) is 0 Å². The highest BCUT2D eigenvalue weighted by Gasteiger charge is 2.20. The molecular formula is C14H15FN2O3S. The second kappa shape index (κ2) is 5.25. The van der Waals surface area contributed by atoms with Crippen molar-refractivity contribution < 1.29 is 17.9 Å². The van der Waals surface area contributed by atoms with Crippen molar-refractivity contribution in [3.05, 3.63) is 47.3 Å². The molecule has 0 atom stereocenters. The van der Waals surface area contributed by atoms with Crippen LogP contribution in [0.15, 0.2) is 35.2 Å². The summed E-state index contributed by atoms with van der Waals surface area (Å²) in [5.41, 5.74) is 6.28. The van der Waals surface area contributed by atoms with Crippen LogP contribution in [0.25, 0.3) is 0 Å². The molecule has 2 rings (SSSR count). The topological polar surface area (TPSA) is 92.4 Å². The zero-order chi connectivity index (χ0) is 15.8. The van der Waals surface area contributed by atoms with E-state index in [1.807, 2.05) is 0 Å². The fourth-order valence-corrected chi connectivity index (χ4v) is 3.17. The summed E-state index contributed by atoms with van der Waals surface area (Å²) in [6, 6.07) is 6.61. The standard InChI is InChI=1S/C14H15FN2O3S/c1-8-3-4-11(7-13(8)18)17-21(19,20)14-6-10(16)5-12(15)9(14)2/h3-7,17-18H,16H2,1-2H3. The van der Waals surface area contributed by atoms with Crippen molar-refractivity contribution in [1.82, 2.24) is 0 Å². The van der Waals surface area contributed by atoms with E-state index in [0.29, 0.717) is 5.56 Å². The summed E-state index contributed by atoms with van der Waals surface area (Å²) in [4.78, 5) is -0.236. The molecule has 0 spiro atoms. The van der Waals surface area contributed by atoms with Crippen LogP contribution in [0, 0.1) is 19.7 Å². The highest BCUT2D eigenvalue weighted by molar-refractivity contribution is 7.92. The minimum atomic E-state index is -4.00. The third-order valence-corrected chi connectivity index (χ3v) is 4.58. The van der Waals surface area contributed by atoms with Crippen molar-refractivity contribution in [3.8, 4) is 5.75 Å². The molecule has 5 nitrogen and oxygen atoms in total. The first-order valence-electron chi connectivity index (χ1n) is 6.09. The smallest absolute Gasteiger partial charge is 0.262 e. The van der Waals surface area contributed by atoms with E-state index in [0.717, 1.165) is 6.07 Å². The lowest BCUT2D eigenvalue weighted by Crippen LogP contribution is -2.15. The lowest BCUT2D eigenvalue weighted by Gasteiger charge is -2.12. The largest absolute Gasteiger partial charge is 0.508 e. The number of halogens is 1. The van der Waals surface area contributed by atoms with E-state index < -0.39 is 15.8 Å². The molecule has 2 aromatic carbocycles. The second-order valence-electron chi connectivity index (χ2n) is 4.73. The number of nitrogens with two attached hydrogens (primary N) is 1. The first-order valence-corrected chi connectivity index (χ1v) is 7.57. The number of anilines is 2. The van der Waals surface area contributed by atoms with Crippen molar-refractivity contribution in [1.29, 1.82) is 0 Å². The summed E-state index contributed by atoms with van der Waals surface area (Å²) in [5, 5.41) is 9.60. The van der Waals surface area contributed by atoms with E-state index in [1.54, 1.807) is 13.0 Å². The van der Waals surface area contributed by atoms with Crippen molar-refractivity contribution in [3.63, 3.8) is 0 Å². The summed E-state index contributed by atoms with van der Waals surface area (Å²) >= 11 is 0. The van der Waals surface area contributed by atoms with Crippen molar-refractivity contribution >= 4 is 21.4 Å². The number of hydrogen-bond donors (Lipinski definition) is 3. The number of phenols is 1. The molecule has 0 saturated heterocycles. The van der Waals surface area contributed by atoms with Gasteiger partial charge in [-0.3, -0.25) is 4.72 Å². The Morgan fingerprint density at radius 2 is 1.86 bits per heavy atom. The molecule has 0 aliphatic carbocycles. The highest BCUT2D eigenvalue weighted by Crippen LogP contribution is 2.26. The molecule has 4 N–H and O–H groups in total. The molecule has 0 aliphatic rings. The average Bonchev–Trinajstić information content (AvgIpc) is 2.37. The summed E-state index contributed by atoms with van der Waals surface area (Å²) in [6.45, 7) is 3.04. The summed E-state index contributed by atoms with van der Waals surface area (Å²) < 4.78 is 40.5. The Morgan fingerprint density at radius 3 is 2.48 bits per heavy atom. The van der Waals surface area contributed by atoms with Crippen LogP contribution in [0.3, 0.4) is 0 Å². The van der Waals surface area contributed by atoms with Gasteiger partial charge >= 0.3 is 0 Å². The first kappa shape index (κ1) is 15.1. The maximum Gasteiger partial charge on any atom is 0.262 e. The Kier molecular flexibility index (Phi) is 3.78. The zero-order valence-corrected chi connectivity index (χ0v) is 12.3. The van der Waals surface area contributed by atoms with Crippen LogP contribution >= 0.6 is 0 Å². The first-order chi connectivity index (χ1) is 9.70. The number of benzene rings is 2. The van der Waals surface area contributed by atoms with Gasteiger partial charge in [-0.1, -0.05) is 6.07 Å². The van der Waals surface area contributed by atoms with E-state index in [4.69, 9.17) is 5.73 Å². The Balaban J connectivity index is 2.45. The van der Waals surface area contributed by atoms with Gasteiger partial charge in [-0.25, -0.2) is 12.8 Å². The summed E-state index contributed by atoms with van der Waals surface area (Å²) in [5.74, 6) is -0.729. The average molecular weight is 310 g/mol. The minimum absolute atomic E-state index is 0.0187. The van der Waals surface area contributed by atoms with Gasteiger partial charge < -0.3 is 10.8 Å². The number of aryl methyl sites for hydroxylation is 1. The Morgan fingerprint density at radius 1 is 1.19 bits per heavy atom. The molecule has 0 fully saturated rings. The van der Waals surface area contributed by atoms with Gasteiger partial charge in [0.2, 0.25) is 0 Å². The number of phenolic OH excluding ortho intramolecular Hbond substituents is 1. The van der Waals surface area contributed by atoms with Crippen LogP contribution < -0.4 is 10.5 Å². The molecule has 112 valence electrons. The summed E-state index contributed by atoms with van der Waals surface area (Å²) in [7, 11) is -4.00. The van der Waals surface area contributed by atoms with Gasteiger partial charge in [0.05, 0.1) is 10.6 Å². The second-order valence-corrected chi connectivity index (χ2v) is 6.38. The molecule has 0 bridgehead atoms. The Labute approximate surface area is 122 Å². The van der Waals surface area contributed by atoms with Crippen LogP contribution in [-0.4, -0.2) is 13.5 Å². The summed E-state index contributed by atoms with van der Waals surface area (Å²) in [6.07, 6.45) is 0. The highest BCUT2D eigenvalue weighted by atomic mass is 32.2. The van der Waals surface area contributed by atoms with Gasteiger partial charge in [-0.2, -0.15) is 0 Å². The minimum Gasteiger partial charge on any atom is -0.508 e. The molecular weight excluding hydrogens is 295 g/mol. The molecule has 0 saturated carbocycles. The van der Waals surface area contributed by atoms with E-state index >= 15 is 0 Å². The lowest BCUT2D eigenvalue weighted by molar-refractivity contribution is 0.471. The molecule has 0 unspecified atom stereocenters. The SMILES string of the molecule is Cc1ccc(NS(=O)(=O)c2cc(N)cc(F)c2C)cc1O. The number of nitrogen functional groups attached to an aromatic ring is 1. The van der Waals surface area contributed by atoms with Crippen LogP contribution in [0.5, 0.6) is 5.75 Å². The molecule has 7 heteroatoms. The number of nitrogens with one attached hydrogen (secondary N) is 1. The van der Waals surface area contributed by atoms with Gasteiger partial charge in [0.25, 0.3) is 10.0 Å². The fourth-order valence-electron chi connectivity index (χ4n) is 1.84. The lowest BCUT2D eigenvalue weighted by atomic mass is 10.2. The van der Waals surface area contributed by atoms with Gasteiger partial charge in [0, 0.05) is 17.3 Å². The van der Waals surface area contributed by atoms with Gasteiger partial charge in [-0.15, -0.1) is 0 Å². The van der Waals surface area contributed by atoms with Crippen LogP contribution in [0.2, 0.25) is 0 Å². The maximum absolute atomic E-state index is 13.6. The number of aromatic hydroxyl groups is 1. The van der Waals surface area contributed by atoms with Gasteiger partial charge in [-0.05, 0) is 37.6 Å². The monoisotopic (exact) mass is 310 g/mol. The van der Waals surface area contributed by atoms with Crippen LogP contribution in [0.1, 0.15) is 11.1 Å². The third-order valence-electron chi connectivity index (χ3n) is 3.07. The Bertz CT molecular complexity index is 804. The third kappa shape index (κ3) is 3.08. The molecule has 0 radical (unpaired) electrons. The predicted octanol–water partition coefficient (Wildman–Crippen LogP) is 2.53. The Hall–Kier alpha value is -2.28. The van der Waals surface area contributed by atoms with Crippen molar-refractivity contribution in [2.45, 2.75) is 18.7 Å². The van der Waals surface area contributed by atoms with E-state index in [1.165, 1.54) is 25.1 Å².